The highest BCUT2D eigenvalue weighted by Gasteiger charge is 2.23. The molecular weight excluding hydrogens is 471 g/mol. The largest absolute Gasteiger partial charge is 0.450 e. The third-order valence-electron chi connectivity index (χ3n) is 4.48. The van der Waals surface area contributed by atoms with E-state index < -0.39 is 0 Å². The molecule has 0 saturated carbocycles. The van der Waals surface area contributed by atoms with Crippen molar-refractivity contribution in [2.24, 2.45) is 10.7 Å². The normalized spacial score (nSPS) is 15.0. The van der Waals surface area contributed by atoms with Gasteiger partial charge in [0.2, 0.25) is 0 Å². The highest BCUT2D eigenvalue weighted by atomic mass is 127. The number of nitrogens with one attached hydrogen (secondary N) is 1. The van der Waals surface area contributed by atoms with Crippen LogP contribution >= 0.6 is 24.0 Å². The number of halogens is 1. The molecule has 7 nitrogen and oxygen atoms in total. The van der Waals surface area contributed by atoms with E-state index in [9.17, 15) is 4.79 Å². The van der Waals surface area contributed by atoms with Gasteiger partial charge >= 0.3 is 6.09 Å². The molecule has 0 unspecified atom stereocenters. The number of carbonyl (C=O) groups excluding carboxylic acids is 1. The number of hydrogen-bond acceptors (Lipinski definition) is 4. The zero-order valence-electron chi connectivity index (χ0n) is 16.6. The van der Waals surface area contributed by atoms with Crippen LogP contribution in [0.15, 0.2) is 35.3 Å². The Hall–Kier alpha value is -1.55. The molecule has 1 saturated heterocycles. The van der Waals surface area contributed by atoms with E-state index in [4.69, 9.17) is 15.2 Å². The lowest BCUT2D eigenvalue weighted by molar-refractivity contribution is 0.0963. The third kappa shape index (κ3) is 9.59. The number of aliphatic imine (C=N–C) groups is 1. The van der Waals surface area contributed by atoms with E-state index in [0.717, 1.165) is 32.3 Å². The molecular formula is C20H33IN4O3. The van der Waals surface area contributed by atoms with E-state index in [1.807, 2.05) is 25.1 Å². The lowest BCUT2D eigenvalue weighted by Gasteiger charge is -2.31. The van der Waals surface area contributed by atoms with Crippen molar-refractivity contribution in [2.75, 3.05) is 39.5 Å². The van der Waals surface area contributed by atoms with Crippen LogP contribution in [0, 0.1) is 0 Å². The van der Waals surface area contributed by atoms with Gasteiger partial charge in [-0.1, -0.05) is 30.3 Å². The summed E-state index contributed by atoms with van der Waals surface area (Å²) in [4.78, 5) is 17.8. The van der Waals surface area contributed by atoms with Crippen LogP contribution in [-0.2, 0) is 15.9 Å². The van der Waals surface area contributed by atoms with Gasteiger partial charge in [-0.25, -0.2) is 4.79 Å². The lowest BCUT2D eigenvalue weighted by Crippen LogP contribution is -2.48. The Labute approximate surface area is 185 Å². The molecule has 0 bridgehead atoms. The topological polar surface area (TPSA) is 89.2 Å². The highest BCUT2D eigenvalue weighted by molar-refractivity contribution is 14.0. The van der Waals surface area contributed by atoms with Crippen molar-refractivity contribution in [3.05, 3.63) is 35.9 Å². The molecule has 3 N–H and O–H groups in total. The van der Waals surface area contributed by atoms with Crippen LogP contribution in [-0.4, -0.2) is 62.4 Å². The Kier molecular flexibility index (Phi) is 12.6. The van der Waals surface area contributed by atoms with Crippen LogP contribution < -0.4 is 11.1 Å². The Morgan fingerprint density at radius 3 is 2.64 bits per heavy atom. The fourth-order valence-electron chi connectivity index (χ4n) is 2.98. The molecule has 28 heavy (non-hydrogen) atoms. The fourth-order valence-corrected chi connectivity index (χ4v) is 2.98. The first-order valence-corrected chi connectivity index (χ1v) is 9.79. The van der Waals surface area contributed by atoms with E-state index in [1.165, 1.54) is 5.56 Å². The average Bonchev–Trinajstić information content (AvgIpc) is 2.69. The number of likely N-dealkylation sites (tertiary alicyclic amines) is 1. The van der Waals surface area contributed by atoms with Crippen molar-refractivity contribution in [2.45, 2.75) is 38.6 Å². The minimum absolute atomic E-state index is 0. The second kappa shape index (κ2) is 14.4. The summed E-state index contributed by atoms with van der Waals surface area (Å²) in [6.45, 7) is 5.64. The molecule has 0 spiro atoms. The van der Waals surface area contributed by atoms with Gasteiger partial charge in [-0.3, -0.25) is 4.99 Å². The van der Waals surface area contributed by atoms with Crippen LogP contribution in [0.1, 0.15) is 31.7 Å². The summed E-state index contributed by atoms with van der Waals surface area (Å²) in [6, 6.07) is 10.6. The predicted molar refractivity (Wildman–Crippen MR) is 122 cm³/mol. The number of benzene rings is 1. The van der Waals surface area contributed by atoms with Gasteiger partial charge < -0.3 is 25.4 Å². The molecule has 0 aliphatic carbocycles. The molecule has 2 rings (SSSR count). The Morgan fingerprint density at radius 2 is 1.96 bits per heavy atom. The summed E-state index contributed by atoms with van der Waals surface area (Å²) < 4.78 is 10.7. The zero-order valence-corrected chi connectivity index (χ0v) is 19.0. The molecule has 1 amide bonds. The molecule has 8 heteroatoms. The van der Waals surface area contributed by atoms with Crippen molar-refractivity contribution in [3.63, 3.8) is 0 Å². The Balaban J connectivity index is 0.00000392. The summed E-state index contributed by atoms with van der Waals surface area (Å²) in [6.07, 6.45) is 3.23. The second-order valence-corrected chi connectivity index (χ2v) is 6.57. The number of nitrogens with two attached hydrogens (primary N) is 1. The Bertz CT molecular complexity index is 578. The number of nitrogens with zero attached hydrogens (tertiary/aromatic N) is 2. The van der Waals surface area contributed by atoms with Crippen molar-refractivity contribution in [1.82, 2.24) is 10.2 Å². The van der Waals surface area contributed by atoms with Crippen LogP contribution in [0.2, 0.25) is 0 Å². The summed E-state index contributed by atoms with van der Waals surface area (Å²) in [7, 11) is 0. The summed E-state index contributed by atoms with van der Waals surface area (Å²) in [5.41, 5.74) is 7.25. The predicted octanol–water partition coefficient (Wildman–Crippen LogP) is 2.78. The molecule has 0 atom stereocenters. The molecule has 1 aliphatic rings. The van der Waals surface area contributed by atoms with E-state index in [1.54, 1.807) is 4.90 Å². The molecule has 1 aliphatic heterocycles. The molecule has 0 aromatic heterocycles. The number of guanidine groups is 1. The van der Waals surface area contributed by atoms with Crippen LogP contribution in [0.4, 0.5) is 4.79 Å². The van der Waals surface area contributed by atoms with Crippen molar-refractivity contribution in [1.29, 1.82) is 0 Å². The van der Waals surface area contributed by atoms with Crippen LogP contribution in [0.5, 0.6) is 0 Å². The number of ether oxygens (including phenoxy) is 2. The number of piperidine rings is 1. The zero-order chi connectivity index (χ0) is 19.3. The van der Waals surface area contributed by atoms with E-state index in [0.29, 0.717) is 38.8 Å². The maximum atomic E-state index is 11.7. The first kappa shape index (κ1) is 24.5. The van der Waals surface area contributed by atoms with E-state index in [2.05, 4.69) is 22.4 Å². The number of hydrogen-bond donors (Lipinski definition) is 2. The monoisotopic (exact) mass is 504 g/mol. The van der Waals surface area contributed by atoms with Gasteiger partial charge in [-0.05, 0) is 38.2 Å². The van der Waals surface area contributed by atoms with Gasteiger partial charge in [0.15, 0.2) is 5.96 Å². The van der Waals surface area contributed by atoms with Crippen molar-refractivity contribution in [3.8, 4) is 0 Å². The maximum absolute atomic E-state index is 11.7. The fraction of sp³-hybridized carbons (Fsp3) is 0.600. The van der Waals surface area contributed by atoms with Gasteiger partial charge in [0.1, 0.15) is 0 Å². The summed E-state index contributed by atoms with van der Waals surface area (Å²) >= 11 is 0. The lowest BCUT2D eigenvalue weighted by atomic mass is 10.1. The van der Waals surface area contributed by atoms with Gasteiger partial charge in [0.25, 0.3) is 0 Å². The van der Waals surface area contributed by atoms with E-state index in [-0.39, 0.29) is 36.1 Å². The Morgan fingerprint density at radius 1 is 1.25 bits per heavy atom. The summed E-state index contributed by atoms with van der Waals surface area (Å²) in [5, 5.41) is 3.24. The minimum atomic E-state index is -0.232. The molecule has 158 valence electrons. The highest BCUT2D eigenvalue weighted by Crippen LogP contribution is 2.11. The van der Waals surface area contributed by atoms with Crippen molar-refractivity contribution >= 4 is 36.0 Å². The minimum Gasteiger partial charge on any atom is -0.450 e. The molecule has 1 aromatic rings. The standard InChI is InChI=1S/C20H32N4O3.HI/c1-2-27-20(25)24-13-9-18(10-14-24)23-19(21)22-12-6-15-26-16-11-17-7-4-3-5-8-17;/h3-5,7-8,18H,2,6,9-16H2,1H3,(H3,21,22,23);1H. The number of rotatable bonds is 9. The molecule has 1 aromatic carbocycles. The molecule has 0 radical (unpaired) electrons. The molecule has 1 heterocycles. The summed E-state index contributed by atoms with van der Waals surface area (Å²) in [5.74, 6) is 0.467. The maximum Gasteiger partial charge on any atom is 0.409 e. The van der Waals surface area contributed by atoms with Gasteiger partial charge in [0.05, 0.1) is 13.2 Å². The van der Waals surface area contributed by atoms with Gasteiger partial charge in [-0.15, -0.1) is 24.0 Å². The average molecular weight is 504 g/mol. The first-order valence-electron chi connectivity index (χ1n) is 9.79. The smallest absolute Gasteiger partial charge is 0.409 e. The first-order chi connectivity index (χ1) is 13.2. The quantitative estimate of drug-likeness (QED) is 0.234. The van der Waals surface area contributed by atoms with E-state index >= 15 is 0 Å². The third-order valence-corrected chi connectivity index (χ3v) is 4.48. The molecule has 1 fully saturated rings. The SMILES string of the molecule is CCOC(=O)N1CCC(NC(N)=NCCCOCCc2ccccc2)CC1.I. The van der Waals surface area contributed by atoms with Crippen molar-refractivity contribution < 1.29 is 14.3 Å². The van der Waals surface area contributed by atoms with Gasteiger partial charge in [0, 0.05) is 32.3 Å². The number of amides is 1. The van der Waals surface area contributed by atoms with Crippen LogP contribution in [0.3, 0.4) is 0 Å². The van der Waals surface area contributed by atoms with Gasteiger partial charge in [-0.2, -0.15) is 0 Å². The number of carbonyl (C=O) groups is 1. The van der Waals surface area contributed by atoms with Crippen LogP contribution in [0.25, 0.3) is 0 Å². The second-order valence-electron chi connectivity index (χ2n) is 6.57.